The van der Waals surface area contributed by atoms with Crippen LogP contribution in [0.3, 0.4) is 0 Å². The molecule has 0 aromatic carbocycles. The number of hydrogen-bond acceptors (Lipinski definition) is 3. The van der Waals surface area contributed by atoms with Gasteiger partial charge >= 0.3 is 7.12 Å². The standard InChI is InChI=1S/C14H25BO3/c1-11(8-7-9-12(2)16)10-15-17-13(3,4)14(5,6)18-15/h7,9-10,12,16H,8H2,1-6H3/b9-7+,11-10+. The van der Waals surface area contributed by atoms with Gasteiger partial charge in [0.05, 0.1) is 17.3 Å². The van der Waals surface area contributed by atoms with Crippen LogP contribution in [0.5, 0.6) is 0 Å². The third-order valence-electron chi connectivity index (χ3n) is 3.55. The first-order valence-electron chi connectivity index (χ1n) is 6.52. The molecule has 1 atom stereocenters. The third kappa shape index (κ3) is 3.97. The Bertz CT molecular complexity index is 327. The van der Waals surface area contributed by atoms with Gasteiger partial charge in [0.25, 0.3) is 0 Å². The van der Waals surface area contributed by atoms with Crippen molar-refractivity contribution in [2.45, 2.75) is 65.3 Å². The van der Waals surface area contributed by atoms with E-state index in [0.717, 1.165) is 6.42 Å². The molecule has 1 N–H and O–H groups in total. The van der Waals surface area contributed by atoms with E-state index in [1.165, 1.54) is 5.57 Å². The maximum atomic E-state index is 9.13. The molecule has 1 aliphatic heterocycles. The number of aliphatic hydroxyl groups is 1. The van der Waals surface area contributed by atoms with Crippen LogP contribution >= 0.6 is 0 Å². The number of hydrogen-bond donors (Lipinski definition) is 1. The lowest BCUT2D eigenvalue weighted by atomic mass is 9.86. The van der Waals surface area contributed by atoms with E-state index >= 15 is 0 Å². The van der Waals surface area contributed by atoms with Crippen LogP contribution in [0.4, 0.5) is 0 Å². The molecular weight excluding hydrogens is 227 g/mol. The normalized spacial score (nSPS) is 24.8. The van der Waals surface area contributed by atoms with Crippen LogP contribution in [0, 0.1) is 0 Å². The monoisotopic (exact) mass is 252 g/mol. The van der Waals surface area contributed by atoms with Crippen molar-refractivity contribution in [3.63, 3.8) is 0 Å². The molecule has 0 saturated carbocycles. The van der Waals surface area contributed by atoms with Crippen molar-refractivity contribution in [3.8, 4) is 0 Å². The first kappa shape index (κ1) is 15.5. The Labute approximate surface area is 111 Å². The quantitative estimate of drug-likeness (QED) is 0.617. The number of aliphatic hydroxyl groups excluding tert-OH is 1. The summed E-state index contributed by atoms with van der Waals surface area (Å²) in [4.78, 5) is 0. The number of allylic oxidation sites excluding steroid dienone is 2. The van der Waals surface area contributed by atoms with Gasteiger partial charge in [0.15, 0.2) is 0 Å². The summed E-state index contributed by atoms with van der Waals surface area (Å²) >= 11 is 0. The van der Waals surface area contributed by atoms with Gasteiger partial charge < -0.3 is 14.4 Å². The zero-order valence-corrected chi connectivity index (χ0v) is 12.4. The highest BCUT2D eigenvalue weighted by Crippen LogP contribution is 2.37. The minimum atomic E-state index is -0.394. The average molecular weight is 252 g/mol. The zero-order valence-electron chi connectivity index (χ0n) is 12.4. The SMILES string of the molecule is C/C(=C\B1OC(C)(C)C(C)(C)O1)C/C=C/C(C)O. The third-order valence-corrected chi connectivity index (χ3v) is 3.55. The Morgan fingerprint density at radius 2 is 1.72 bits per heavy atom. The largest absolute Gasteiger partial charge is 0.487 e. The lowest BCUT2D eigenvalue weighted by Gasteiger charge is -2.32. The van der Waals surface area contributed by atoms with Crippen molar-refractivity contribution in [2.75, 3.05) is 0 Å². The molecular formula is C14H25BO3. The fourth-order valence-electron chi connectivity index (χ4n) is 1.71. The molecule has 0 aromatic rings. The summed E-state index contributed by atoms with van der Waals surface area (Å²) in [6.07, 6.45) is 4.15. The van der Waals surface area contributed by atoms with E-state index in [-0.39, 0.29) is 18.3 Å². The van der Waals surface area contributed by atoms with Crippen molar-refractivity contribution in [2.24, 2.45) is 0 Å². The maximum absolute atomic E-state index is 9.13. The topological polar surface area (TPSA) is 38.7 Å². The number of rotatable bonds is 4. The highest BCUT2D eigenvalue weighted by atomic mass is 16.7. The Morgan fingerprint density at radius 1 is 1.22 bits per heavy atom. The molecule has 4 heteroatoms. The van der Waals surface area contributed by atoms with Crippen molar-refractivity contribution in [3.05, 3.63) is 23.7 Å². The molecule has 1 heterocycles. The molecule has 18 heavy (non-hydrogen) atoms. The maximum Gasteiger partial charge on any atom is 0.487 e. The van der Waals surface area contributed by atoms with E-state index in [1.807, 2.05) is 46.7 Å². The lowest BCUT2D eigenvalue weighted by molar-refractivity contribution is 0.00578. The fourth-order valence-corrected chi connectivity index (χ4v) is 1.71. The van der Waals surface area contributed by atoms with Gasteiger partial charge in [-0.15, -0.1) is 0 Å². The van der Waals surface area contributed by atoms with Crippen LogP contribution < -0.4 is 0 Å². The van der Waals surface area contributed by atoms with Crippen molar-refractivity contribution >= 4 is 7.12 Å². The van der Waals surface area contributed by atoms with Gasteiger partial charge in [0.1, 0.15) is 0 Å². The highest BCUT2D eigenvalue weighted by molar-refractivity contribution is 6.51. The summed E-state index contributed by atoms with van der Waals surface area (Å²) in [7, 11) is -0.282. The zero-order chi connectivity index (χ0) is 14.0. The predicted molar refractivity (Wildman–Crippen MR) is 75.3 cm³/mol. The molecule has 1 saturated heterocycles. The van der Waals surface area contributed by atoms with Crippen LogP contribution in [0.15, 0.2) is 23.7 Å². The van der Waals surface area contributed by atoms with Gasteiger partial charge in [-0.3, -0.25) is 0 Å². The smallest absolute Gasteiger partial charge is 0.400 e. The molecule has 1 fully saturated rings. The molecule has 102 valence electrons. The van der Waals surface area contributed by atoms with Gasteiger partial charge in [0, 0.05) is 0 Å². The van der Waals surface area contributed by atoms with E-state index in [1.54, 1.807) is 13.0 Å². The van der Waals surface area contributed by atoms with Gasteiger partial charge in [-0.2, -0.15) is 0 Å². The second-order valence-corrected chi connectivity index (χ2v) is 6.01. The van der Waals surface area contributed by atoms with Gasteiger partial charge in [-0.05, 0) is 48.0 Å². The van der Waals surface area contributed by atoms with Gasteiger partial charge in [0.2, 0.25) is 0 Å². The van der Waals surface area contributed by atoms with Crippen LogP contribution in [-0.4, -0.2) is 29.5 Å². The van der Waals surface area contributed by atoms with E-state index in [0.29, 0.717) is 0 Å². The summed E-state index contributed by atoms with van der Waals surface area (Å²) in [5.41, 5.74) is 0.596. The first-order chi connectivity index (χ1) is 8.14. The molecule has 0 aromatic heterocycles. The Morgan fingerprint density at radius 3 is 2.17 bits per heavy atom. The highest BCUT2D eigenvalue weighted by Gasteiger charge is 2.50. The molecule has 1 unspecified atom stereocenters. The van der Waals surface area contributed by atoms with Crippen LogP contribution in [0.1, 0.15) is 48.0 Å². The van der Waals surface area contributed by atoms with Crippen molar-refractivity contribution < 1.29 is 14.4 Å². The van der Waals surface area contributed by atoms with E-state index < -0.39 is 6.10 Å². The van der Waals surface area contributed by atoms with Gasteiger partial charge in [-0.1, -0.05) is 23.7 Å². The summed E-state index contributed by atoms with van der Waals surface area (Å²) in [6, 6.07) is 0. The van der Waals surface area contributed by atoms with Gasteiger partial charge in [-0.25, -0.2) is 0 Å². The van der Waals surface area contributed by atoms with Crippen molar-refractivity contribution in [1.29, 1.82) is 0 Å². The summed E-state index contributed by atoms with van der Waals surface area (Å²) in [5.74, 6) is 2.00. The summed E-state index contributed by atoms with van der Waals surface area (Å²) < 4.78 is 11.8. The molecule has 0 spiro atoms. The summed E-state index contributed by atoms with van der Waals surface area (Å²) in [5, 5.41) is 9.13. The first-order valence-corrected chi connectivity index (χ1v) is 6.52. The molecule has 1 aliphatic rings. The minimum Gasteiger partial charge on any atom is -0.400 e. The van der Waals surface area contributed by atoms with E-state index in [9.17, 15) is 0 Å². The Hall–Kier alpha value is -0.575. The fraction of sp³-hybridized carbons (Fsp3) is 0.714. The molecule has 0 radical (unpaired) electrons. The second-order valence-electron chi connectivity index (χ2n) is 6.01. The average Bonchev–Trinajstić information content (AvgIpc) is 2.33. The second kappa shape index (κ2) is 5.60. The lowest BCUT2D eigenvalue weighted by Crippen LogP contribution is -2.41. The van der Waals surface area contributed by atoms with Crippen LogP contribution in [0.2, 0.25) is 0 Å². The molecule has 3 nitrogen and oxygen atoms in total. The van der Waals surface area contributed by atoms with Crippen LogP contribution in [0.25, 0.3) is 0 Å². The molecule has 1 rings (SSSR count). The molecule has 0 aliphatic carbocycles. The summed E-state index contributed by atoms with van der Waals surface area (Å²) in [6.45, 7) is 12.0. The Kier molecular flexibility index (Phi) is 4.81. The predicted octanol–water partition coefficient (Wildman–Crippen LogP) is 2.89. The van der Waals surface area contributed by atoms with E-state index in [4.69, 9.17) is 14.4 Å². The minimum absolute atomic E-state index is 0.282. The van der Waals surface area contributed by atoms with Crippen molar-refractivity contribution in [1.82, 2.24) is 0 Å². The molecule has 0 amide bonds. The molecule has 0 bridgehead atoms. The Balaban J connectivity index is 2.58. The van der Waals surface area contributed by atoms with E-state index in [2.05, 4.69) is 0 Å². The van der Waals surface area contributed by atoms with Crippen LogP contribution in [-0.2, 0) is 9.31 Å².